The monoisotopic (exact) mass is 287 g/mol. The van der Waals surface area contributed by atoms with Gasteiger partial charge in [-0.3, -0.25) is 4.79 Å². The Morgan fingerprint density at radius 3 is 2.86 bits per heavy atom. The molecule has 1 fully saturated rings. The second-order valence-electron chi connectivity index (χ2n) is 5.59. The fraction of sp³-hybridized carbons (Fsp3) is 0.562. The molecule has 2 heterocycles. The van der Waals surface area contributed by atoms with Crippen molar-refractivity contribution in [1.29, 1.82) is 0 Å². The molecule has 1 aliphatic carbocycles. The first kappa shape index (κ1) is 14.0. The number of esters is 1. The molecule has 1 saturated carbocycles. The van der Waals surface area contributed by atoms with Crippen molar-refractivity contribution in [3.8, 4) is 0 Å². The van der Waals surface area contributed by atoms with Gasteiger partial charge >= 0.3 is 5.97 Å². The standard InChI is InChI=1S/C16H21N3O2/c1-3-11-19-13-12(7-5-10-17-13)18-14(19)16(8-6-9-16)15(20)21-4-2/h5,7,10H,3-4,6,8-9,11H2,1-2H3. The van der Waals surface area contributed by atoms with Crippen LogP contribution in [0.3, 0.4) is 0 Å². The van der Waals surface area contributed by atoms with Gasteiger partial charge in [0.1, 0.15) is 16.8 Å². The Bertz CT molecular complexity index is 659. The average molecular weight is 287 g/mol. The second kappa shape index (κ2) is 5.47. The Kier molecular flexibility index (Phi) is 3.66. The van der Waals surface area contributed by atoms with Crippen LogP contribution in [0.1, 0.15) is 45.4 Å². The van der Waals surface area contributed by atoms with Crippen molar-refractivity contribution in [2.75, 3.05) is 6.61 Å². The lowest BCUT2D eigenvalue weighted by atomic mass is 9.68. The zero-order valence-corrected chi connectivity index (χ0v) is 12.6. The van der Waals surface area contributed by atoms with Crippen LogP contribution >= 0.6 is 0 Å². The number of aryl methyl sites for hydroxylation is 1. The normalized spacial score (nSPS) is 16.7. The summed E-state index contributed by atoms with van der Waals surface area (Å²) in [5, 5.41) is 0. The molecule has 0 aliphatic heterocycles. The molecule has 0 bridgehead atoms. The van der Waals surface area contributed by atoms with E-state index < -0.39 is 5.41 Å². The molecular formula is C16H21N3O2. The molecule has 5 nitrogen and oxygen atoms in total. The molecule has 0 amide bonds. The molecule has 0 aromatic carbocycles. The lowest BCUT2D eigenvalue weighted by Gasteiger charge is -2.38. The Balaban J connectivity index is 2.13. The number of aromatic nitrogens is 3. The van der Waals surface area contributed by atoms with Gasteiger partial charge < -0.3 is 9.30 Å². The first-order valence-electron chi connectivity index (χ1n) is 7.72. The van der Waals surface area contributed by atoms with Gasteiger partial charge in [0.2, 0.25) is 0 Å². The number of ether oxygens (including phenoxy) is 1. The summed E-state index contributed by atoms with van der Waals surface area (Å²) in [5.74, 6) is 0.701. The van der Waals surface area contributed by atoms with E-state index in [-0.39, 0.29) is 5.97 Å². The van der Waals surface area contributed by atoms with Crippen LogP contribution < -0.4 is 0 Å². The summed E-state index contributed by atoms with van der Waals surface area (Å²) >= 11 is 0. The number of pyridine rings is 1. The highest BCUT2D eigenvalue weighted by Gasteiger charge is 2.50. The van der Waals surface area contributed by atoms with Gasteiger partial charge in [-0.1, -0.05) is 13.3 Å². The second-order valence-corrected chi connectivity index (χ2v) is 5.59. The fourth-order valence-electron chi connectivity index (χ4n) is 3.08. The Hall–Kier alpha value is -1.91. The average Bonchev–Trinajstić information content (AvgIpc) is 2.78. The summed E-state index contributed by atoms with van der Waals surface area (Å²) in [6.07, 6.45) is 5.44. The zero-order valence-electron chi connectivity index (χ0n) is 12.6. The van der Waals surface area contributed by atoms with Crippen molar-refractivity contribution in [3.05, 3.63) is 24.2 Å². The molecule has 2 aromatic rings. The third-order valence-electron chi connectivity index (χ3n) is 4.25. The number of rotatable bonds is 5. The molecule has 0 radical (unpaired) electrons. The van der Waals surface area contributed by atoms with Gasteiger partial charge in [0.25, 0.3) is 0 Å². The predicted molar refractivity (Wildman–Crippen MR) is 80.0 cm³/mol. The van der Waals surface area contributed by atoms with Crippen LogP contribution in [0.4, 0.5) is 0 Å². The van der Waals surface area contributed by atoms with E-state index in [0.29, 0.717) is 6.61 Å². The first-order chi connectivity index (χ1) is 10.2. The Morgan fingerprint density at radius 2 is 2.24 bits per heavy atom. The van der Waals surface area contributed by atoms with E-state index in [1.165, 1.54) is 0 Å². The molecule has 21 heavy (non-hydrogen) atoms. The van der Waals surface area contributed by atoms with Crippen LogP contribution in [0.5, 0.6) is 0 Å². The summed E-state index contributed by atoms with van der Waals surface area (Å²) in [4.78, 5) is 21.7. The molecule has 0 saturated heterocycles. The predicted octanol–water partition coefficient (Wildman–Crippen LogP) is 2.83. The van der Waals surface area contributed by atoms with Gasteiger partial charge in [-0.2, -0.15) is 0 Å². The Morgan fingerprint density at radius 1 is 1.43 bits per heavy atom. The van der Waals surface area contributed by atoms with Crippen molar-refractivity contribution < 1.29 is 9.53 Å². The lowest BCUT2D eigenvalue weighted by molar-refractivity contribution is -0.154. The first-order valence-corrected chi connectivity index (χ1v) is 7.72. The van der Waals surface area contributed by atoms with E-state index in [4.69, 9.17) is 9.72 Å². The molecule has 1 aliphatic rings. The quantitative estimate of drug-likeness (QED) is 0.793. The maximum absolute atomic E-state index is 12.5. The molecule has 0 unspecified atom stereocenters. The van der Waals surface area contributed by atoms with Crippen molar-refractivity contribution >= 4 is 17.1 Å². The summed E-state index contributed by atoms with van der Waals surface area (Å²) < 4.78 is 7.42. The highest BCUT2D eigenvalue weighted by Crippen LogP contribution is 2.45. The SMILES string of the molecule is CCCn1c(C2(C(=O)OCC)CCC2)nc2cccnc21. The fourth-order valence-corrected chi connectivity index (χ4v) is 3.08. The lowest BCUT2D eigenvalue weighted by Crippen LogP contribution is -2.45. The van der Waals surface area contributed by atoms with Crippen LogP contribution in [0, 0.1) is 0 Å². The van der Waals surface area contributed by atoms with E-state index in [0.717, 1.165) is 49.2 Å². The zero-order chi connectivity index (χ0) is 14.9. The van der Waals surface area contributed by atoms with E-state index >= 15 is 0 Å². The molecule has 0 atom stereocenters. The van der Waals surface area contributed by atoms with Gasteiger partial charge in [0.15, 0.2) is 5.65 Å². The minimum absolute atomic E-state index is 0.135. The van der Waals surface area contributed by atoms with E-state index in [2.05, 4.69) is 16.5 Å². The smallest absolute Gasteiger partial charge is 0.319 e. The molecule has 0 spiro atoms. The topological polar surface area (TPSA) is 57.0 Å². The third-order valence-corrected chi connectivity index (χ3v) is 4.25. The molecular weight excluding hydrogens is 266 g/mol. The molecule has 3 rings (SSSR count). The van der Waals surface area contributed by atoms with Gasteiger partial charge in [-0.05, 0) is 38.3 Å². The van der Waals surface area contributed by atoms with Crippen LogP contribution in [0.2, 0.25) is 0 Å². The maximum Gasteiger partial charge on any atom is 0.319 e. The molecule has 2 aromatic heterocycles. The maximum atomic E-state index is 12.5. The third kappa shape index (κ3) is 2.11. The van der Waals surface area contributed by atoms with Gasteiger partial charge in [0, 0.05) is 12.7 Å². The number of hydrogen-bond donors (Lipinski definition) is 0. The van der Waals surface area contributed by atoms with Crippen molar-refractivity contribution in [2.24, 2.45) is 0 Å². The summed E-state index contributed by atoms with van der Waals surface area (Å²) in [7, 11) is 0. The van der Waals surface area contributed by atoms with Crippen LogP contribution in [-0.2, 0) is 21.5 Å². The minimum atomic E-state index is -0.564. The number of hydrogen-bond acceptors (Lipinski definition) is 4. The highest BCUT2D eigenvalue weighted by molar-refractivity contribution is 5.85. The van der Waals surface area contributed by atoms with Crippen LogP contribution in [-0.4, -0.2) is 27.1 Å². The number of carbonyl (C=O) groups excluding carboxylic acids is 1. The number of imidazole rings is 1. The van der Waals surface area contributed by atoms with Crippen LogP contribution in [0.15, 0.2) is 18.3 Å². The van der Waals surface area contributed by atoms with Gasteiger partial charge in [-0.25, -0.2) is 9.97 Å². The highest BCUT2D eigenvalue weighted by atomic mass is 16.5. The van der Waals surface area contributed by atoms with Crippen LogP contribution in [0.25, 0.3) is 11.2 Å². The van der Waals surface area contributed by atoms with Gasteiger partial charge in [-0.15, -0.1) is 0 Å². The minimum Gasteiger partial charge on any atom is -0.465 e. The van der Waals surface area contributed by atoms with Crippen molar-refractivity contribution in [2.45, 2.75) is 51.5 Å². The van der Waals surface area contributed by atoms with Crippen molar-refractivity contribution in [3.63, 3.8) is 0 Å². The van der Waals surface area contributed by atoms with E-state index in [1.54, 1.807) is 6.20 Å². The molecule has 5 heteroatoms. The number of carbonyl (C=O) groups is 1. The van der Waals surface area contributed by atoms with Gasteiger partial charge in [0.05, 0.1) is 6.61 Å². The van der Waals surface area contributed by atoms with E-state index in [1.807, 2.05) is 19.1 Å². The molecule has 112 valence electrons. The summed E-state index contributed by atoms with van der Waals surface area (Å²) in [6.45, 7) is 5.20. The van der Waals surface area contributed by atoms with E-state index in [9.17, 15) is 4.79 Å². The Labute approximate surface area is 124 Å². The number of fused-ring (bicyclic) bond motifs is 1. The number of nitrogens with zero attached hydrogens (tertiary/aromatic N) is 3. The summed E-state index contributed by atoms with van der Waals surface area (Å²) in [5.41, 5.74) is 1.16. The largest absolute Gasteiger partial charge is 0.465 e. The molecule has 0 N–H and O–H groups in total. The summed E-state index contributed by atoms with van der Waals surface area (Å²) in [6, 6.07) is 3.84. The van der Waals surface area contributed by atoms with Crippen molar-refractivity contribution in [1.82, 2.24) is 14.5 Å².